The largest absolute Gasteiger partial charge is 0.341 e. The second-order valence-corrected chi connectivity index (χ2v) is 7.08. The normalized spacial score (nSPS) is 14.7. The van der Waals surface area contributed by atoms with Gasteiger partial charge in [0, 0.05) is 37.1 Å². The molecule has 2 N–H and O–H groups in total. The molecule has 7 nitrogen and oxygen atoms in total. The van der Waals surface area contributed by atoms with Gasteiger partial charge in [0.1, 0.15) is 5.69 Å². The number of nitrogens with one attached hydrogen (secondary N) is 2. The van der Waals surface area contributed by atoms with E-state index < -0.39 is 0 Å². The Kier molecular flexibility index (Phi) is 5.69. The first-order valence-corrected chi connectivity index (χ1v) is 9.20. The van der Waals surface area contributed by atoms with Gasteiger partial charge in [0.2, 0.25) is 11.9 Å². The average Bonchev–Trinajstić information content (AvgIpc) is 2.61. The van der Waals surface area contributed by atoms with Crippen molar-refractivity contribution in [1.29, 1.82) is 0 Å². The molecule has 0 bridgehead atoms. The van der Waals surface area contributed by atoms with Crippen LogP contribution in [0.25, 0.3) is 0 Å². The SMILES string of the molecule is CC(=O)Nc1cccc(NC(=O)c2cc(C)nc(N3CCC(C)CC3)n2)c1. The van der Waals surface area contributed by atoms with E-state index in [2.05, 4.69) is 32.4 Å². The van der Waals surface area contributed by atoms with Gasteiger partial charge in [-0.15, -0.1) is 0 Å². The zero-order valence-corrected chi connectivity index (χ0v) is 16.0. The molecule has 142 valence electrons. The molecule has 1 aliphatic rings. The van der Waals surface area contributed by atoms with Crippen molar-refractivity contribution in [2.75, 3.05) is 28.6 Å². The van der Waals surface area contributed by atoms with Crippen LogP contribution in [0.5, 0.6) is 0 Å². The molecule has 1 aromatic carbocycles. The first-order chi connectivity index (χ1) is 12.9. The van der Waals surface area contributed by atoms with Gasteiger partial charge in [-0.3, -0.25) is 9.59 Å². The Labute approximate surface area is 159 Å². The Bertz CT molecular complexity index is 844. The number of rotatable bonds is 4. The third-order valence-electron chi connectivity index (χ3n) is 4.58. The predicted molar refractivity (Wildman–Crippen MR) is 106 cm³/mol. The quantitative estimate of drug-likeness (QED) is 0.866. The number of carbonyl (C=O) groups excluding carboxylic acids is 2. The average molecular weight is 367 g/mol. The van der Waals surface area contributed by atoms with Gasteiger partial charge < -0.3 is 15.5 Å². The first kappa shape index (κ1) is 18.8. The number of carbonyl (C=O) groups is 2. The molecule has 7 heteroatoms. The lowest BCUT2D eigenvalue weighted by molar-refractivity contribution is -0.114. The summed E-state index contributed by atoms with van der Waals surface area (Å²) in [6.45, 7) is 7.38. The van der Waals surface area contributed by atoms with Crippen molar-refractivity contribution in [1.82, 2.24) is 9.97 Å². The topological polar surface area (TPSA) is 87.2 Å². The minimum absolute atomic E-state index is 0.162. The standard InChI is InChI=1S/C20H25N5O2/c1-13-7-9-25(10-8-13)20-21-14(2)11-18(24-20)19(27)23-17-6-4-5-16(12-17)22-15(3)26/h4-6,11-13H,7-10H2,1-3H3,(H,22,26)(H,23,27). The summed E-state index contributed by atoms with van der Waals surface area (Å²) in [6, 6.07) is 8.70. The van der Waals surface area contributed by atoms with Gasteiger partial charge >= 0.3 is 0 Å². The number of piperidine rings is 1. The number of nitrogens with zero attached hydrogens (tertiary/aromatic N) is 3. The third-order valence-corrected chi connectivity index (χ3v) is 4.58. The lowest BCUT2D eigenvalue weighted by Crippen LogP contribution is -2.34. The molecule has 1 aromatic heterocycles. The Hall–Kier alpha value is -2.96. The Balaban J connectivity index is 1.76. The zero-order chi connectivity index (χ0) is 19.4. The molecule has 1 saturated heterocycles. The van der Waals surface area contributed by atoms with Gasteiger partial charge in [0.15, 0.2) is 0 Å². The highest BCUT2D eigenvalue weighted by atomic mass is 16.2. The number of hydrogen-bond donors (Lipinski definition) is 2. The molecule has 0 aliphatic carbocycles. The highest BCUT2D eigenvalue weighted by Crippen LogP contribution is 2.21. The summed E-state index contributed by atoms with van der Waals surface area (Å²) < 4.78 is 0. The monoisotopic (exact) mass is 367 g/mol. The number of benzene rings is 1. The van der Waals surface area contributed by atoms with Crippen molar-refractivity contribution < 1.29 is 9.59 Å². The van der Waals surface area contributed by atoms with Crippen LogP contribution < -0.4 is 15.5 Å². The summed E-state index contributed by atoms with van der Waals surface area (Å²) in [5.74, 6) is 0.862. The number of amides is 2. The fourth-order valence-electron chi connectivity index (χ4n) is 3.09. The van der Waals surface area contributed by atoms with E-state index >= 15 is 0 Å². The second-order valence-electron chi connectivity index (χ2n) is 7.08. The van der Waals surface area contributed by atoms with Crippen LogP contribution in [-0.2, 0) is 4.79 Å². The molecule has 2 heterocycles. The van der Waals surface area contributed by atoms with Crippen molar-refractivity contribution in [3.8, 4) is 0 Å². The van der Waals surface area contributed by atoms with E-state index in [1.807, 2.05) is 6.92 Å². The number of aryl methyl sites for hydroxylation is 1. The molecule has 1 aliphatic heterocycles. The molecule has 27 heavy (non-hydrogen) atoms. The van der Waals surface area contributed by atoms with Crippen LogP contribution in [0.4, 0.5) is 17.3 Å². The Morgan fingerprint density at radius 3 is 2.41 bits per heavy atom. The van der Waals surface area contributed by atoms with Crippen molar-refractivity contribution in [3.63, 3.8) is 0 Å². The van der Waals surface area contributed by atoms with E-state index in [9.17, 15) is 9.59 Å². The zero-order valence-electron chi connectivity index (χ0n) is 16.0. The van der Waals surface area contributed by atoms with Crippen LogP contribution in [0.15, 0.2) is 30.3 Å². The van der Waals surface area contributed by atoms with Gasteiger partial charge in [-0.25, -0.2) is 9.97 Å². The lowest BCUT2D eigenvalue weighted by atomic mass is 10.00. The van der Waals surface area contributed by atoms with E-state index in [0.717, 1.165) is 31.6 Å². The molecule has 0 spiro atoms. The fraction of sp³-hybridized carbons (Fsp3) is 0.400. The van der Waals surface area contributed by atoms with E-state index in [1.54, 1.807) is 30.3 Å². The van der Waals surface area contributed by atoms with Gasteiger partial charge in [0.25, 0.3) is 5.91 Å². The van der Waals surface area contributed by atoms with Crippen molar-refractivity contribution in [2.24, 2.45) is 5.92 Å². The van der Waals surface area contributed by atoms with Crippen LogP contribution in [-0.4, -0.2) is 34.9 Å². The van der Waals surface area contributed by atoms with Crippen molar-refractivity contribution in [3.05, 3.63) is 41.7 Å². The highest BCUT2D eigenvalue weighted by Gasteiger charge is 2.20. The van der Waals surface area contributed by atoms with Crippen LogP contribution in [0.3, 0.4) is 0 Å². The second kappa shape index (κ2) is 8.16. The van der Waals surface area contributed by atoms with E-state index in [0.29, 0.717) is 28.9 Å². The molecule has 1 fully saturated rings. The fourth-order valence-corrected chi connectivity index (χ4v) is 3.09. The Morgan fingerprint density at radius 2 is 1.74 bits per heavy atom. The lowest BCUT2D eigenvalue weighted by Gasteiger charge is -2.30. The van der Waals surface area contributed by atoms with Crippen LogP contribution in [0.1, 0.15) is 42.9 Å². The van der Waals surface area contributed by atoms with Gasteiger partial charge in [-0.2, -0.15) is 0 Å². The maximum atomic E-state index is 12.7. The maximum absolute atomic E-state index is 12.7. The molecule has 0 saturated carbocycles. The summed E-state index contributed by atoms with van der Waals surface area (Å²) in [6.07, 6.45) is 2.21. The highest BCUT2D eigenvalue weighted by molar-refractivity contribution is 6.03. The molecule has 2 aromatic rings. The molecule has 0 atom stereocenters. The van der Waals surface area contributed by atoms with E-state index in [-0.39, 0.29) is 11.8 Å². The van der Waals surface area contributed by atoms with Crippen LogP contribution >= 0.6 is 0 Å². The molecule has 0 unspecified atom stereocenters. The van der Waals surface area contributed by atoms with Crippen molar-refractivity contribution >= 4 is 29.1 Å². The molecule has 0 radical (unpaired) electrons. The smallest absolute Gasteiger partial charge is 0.274 e. The van der Waals surface area contributed by atoms with E-state index in [4.69, 9.17) is 0 Å². The van der Waals surface area contributed by atoms with Crippen LogP contribution in [0.2, 0.25) is 0 Å². The predicted octanol–water partition coefficient (Wildman–Crippen LogP) is 3.23. The first-order valence-electron chi connectivity index (χ1n) is 9.20. The summed E-state index contributed by atoms with van der Waals surface area (Å²) in [5, 5.41) is 5.54. The third kappa shape index (κ3) is 5.03. The summed E-state index contributed by atoms with van der Waals surface area (Å²) in [5.41, 5.74) is 2.31. The summed E-state index contributed by atoms with van der Waals surface area (Å²) in [7, 11) is 0. The number of hydrogen-bond acceptors (Lipinski definition) is 5. The Morgan fingerprint density at radius 1 is 1.07 bits per heavy atom. The number of aromatic nitrogens is 2. The molecule has 3 rings (SSSR count). The summed E-state index contributed by atoms with van der Waals surface area (Å²) >= 11 is 0. The van der Waals surface area contributed by atoms with Gasteiger partial charge in [-0.1, -0.05) is 13.0 Å². The summed E-state index contributed by atoms with van der Waals surface area (Å²) in [4.78, 5) is 35.0. The number of anilines is 3. The maximum Gasteiger partial charge on any atom is 0.274 e. The minimum atomic E-state index is -0.299. The molecule has 2 amide bonds. The van der Waals surface area contributed by atoms with Gasteiger partial charge in [0.05, 0.1) is 0 Å². The molecular weight excluding hydrogens is 342 g/mol. The van der Waals surface area contributed by atoms with Gasteiger partial charge in [-0.05, 0) is 49.9 Å². The molecular formula is C20H25N5O2. The van der Waals surface area contributed by atoms with Crippen molar-refractivity contribution in [2.45, 2.75) is 33.6 Å². The minimum Gasteiger partial charge on any atom is -0.341 e. The van der Waals surface area contributed by atoms with E-state index in [1.165, 1.54) is 6.92 Å². The van der Waals surface area contributed by atoms with Crippen LogP contribution in [0, 0.1) is 12.8 Å².